The van der Waals surface area contributed by atoms with Gasteiger partial charge in [0.2, 0.25) is 0 Å². The number of nitrogens with zero attached hydrogens (tertiary/aromatic N) is 3. The van der Waals surface area contributed by atoms with Crippen LogP contribution < -0.4 is 5.32 Å². The SMILES string of the molecule is COC(=O)NCCCn1cnc(-c2cccnc2)c1. The van der Waals surface area contributed by atoms with Crippen LogP contribution in [0.2, 0.25) is 0 Å². The van der Waals surface area contributed by atoms with Crippen molar-refractivity contribution in [1.82, 2.24) is 19.9 Å². The van der Waals surface area contributed by atoms with E-state index < -0.39 is 6.09 Å². The van der Waals surface area contributed by atoms with E-state index in [0.717, 1.165) is 24.2 Å². The Bertz CT molecular complexity index is 524. The van der Waals surface area contributed by atoms with Crippen LogP contribution in [0.25, 0.3) is 11.3 Å². The van der Waals surface area contributed by atoms with Gasteiger partial charge in [-0.3, -0.25) is 4.98 Å². The highest BCUT2D eigenvalue weighted by atomic mass is 16.5. The van der Waals surface area contributed by atoms with E-state index in [1.807, 2.05) is 22.9 Å². The summed E-state index contributed by atoms with van der Waals surface area (Å²) in [4.78, 5) is 19.2. The first kappa shape index (κ1) is 13.1. The van der Waals surface area contributed by atoms with Gasteiger partial charge >= 0.3 is 6.09 Å². The zero-order valence-electron chi connectivity index (χ0n) is 10.7. The molecule has 0 saturated heterocycles. The molecule has 1 N–H and O–H groups in total. The fourth-order valence-corrected chi connectivity index (χ4v) is 1.67. The van der Waals surface area contributed by atoms with Crippen LogP contribution in [0.1, 0.15) is 6.42 Å². The van der Waals surface area contributed by atoms with Crippen LogP contribution in [0.3, 0.4) is 0 Å². The number of amides is 1. The summed E-state index contributed by atoms with van der Waals surface area (Å²) in [6.45, 7) is 1.37. The molecule has 0 atom stereocenters. The van der Waals surface area contributed by atoms with Crippen molar-refractivity contribution in [1.29, 1.82) is 0 Å². The van der Waals surface area contributed by atoms with E-state index >= 15 is 0 Å². The number of hydrogen-bond donors (Lipinski definition) is 1. The number of pyridine rings is 1. The third kappa shape index (κ3) is 3.80. The van der Waals surface area contributed by atoms with Crippen molar-refractivity contribution < 1.29 is 9.53 Å². The van der Waals surface area contributed by atoms with Crippen molar-refractivity contribution in [3.8, 4) is 11.3 Å². The van der Waals surface area contributed by atoms with Gasteiger partial charge in [0, 0.05) is 37.2 Å². The Morgan fingerprint density at radius 1 is 1.53 bits per heavy atom. The number of alkyl carbamates (subject to hydrolysis) is 1. The fourth-order valence-electron chi connectivity index (χ4n) is 1.67. The minimum Gasteiger partial charge on any atom is -0.453 e. The van der Waals surface area contributed by atoms with Crippen LogP contribution in [-0.4, -0.2) is 34.3 Å². The second kappa shape index (κ2) is 6.53. The number of nitrogens with one attached hydrogen (secondary N) is 1. The maximum absolute atomic E-state index is 10.9. The Morgan fingerprint density at radius 2 is 2.42 bits per heavy atom. The smallest absolute Gasteiger partial charge is 0.406 e. The predicted octanol–water partition coefficient (Wildman–Crippen LogP) is 1.69. The second-order valence-corrected chi connectivity index (χ2v) is 4.01. The Labute approximate surface area is 111 Å². The van der Waals surface area contributed by atoms with Crippen molar-refractivity contribution in [2.24, 2.45) is 0 Å². The van der Waals surface area contributed by atoms with Gasteiger partial charge in [-0.15, -0.1) is 0 Å². The molecule has 0 aliphatic carbocycles. The lowest BCUT2D eigenvalue weighted by atomic mass is 10.2. The van der Waals surface area contributed by atoms with Crippen LogP contribution in [0.15, 0.2) is 37.1 Å². The zero-order valence-corrected chi connectivity index (χ0v) is 10.7. The first-order valence-electron chi connectivity index (χ1n) is 6.03. The van der Waals surface area contributed by atoms with Gasteiger partial charge in [0.1, 0.15) is 0 Å². The molecule has 0 fully saturated rings. The highest BCUT2D eigenvalue weighted by Crippen LogP contribution is 2.14. The van der Waals surface area contributed by atoms with E-state index in [1.165, 1.54) is 7.11 Å². The van der Waals surface area contributed by atoms with Crippen LogP contribution in [0, 0.1) is 0 Å². The van der Waals surface area contributed by atoms with E-state index in [9.17, 15) is 4.79 Å². The average Bonchev–Trinajstić information content (AvgIpc) is 2.93. The summed E-state index contributed by atoms with van der Waals surface area (Å²) in [5.41, 5.74) is 1.89. The second-order valence-electron chi connectivity index (χ2n) is 4.01. The molecule has 0 aliphatic rings. The van der Waals surface area contributed by atoms with E-state index in [4.69, 9.17) is 0 Å². The lowest BCUT2D eigenvalue weighted by molar-refractivity contribution is 0.171. The van der Waals surface area contributed by atoms with Gasteiger partial charge < -0.3 is 14.6 Å². The molecular formula is C13H16N4O2. The Morgan fingerprint density at radius 3 is 3.16 bits per heavy atom. The number of rotatable bonds is 5. The standard InChI is InChI=1S/C13H16N4O2/c1-19-13(18)15-6-3-7-17-9-12(16-10-17)11-4-2-5-14-8-11/h2,4-5,8-10H,3,6-7H2,1H3,(H,15,18). The Balaban J connectivity index is 1.83. The summed E-state index contributed by atoms with van der Waals surface area (Å²) in [6.07, 6.45) is 7.68. The molecule has 6 heteroatoms. The number of hydrogen-bond acceptors (Lipinski definition) is 4. The van der Waals surface area contributed by atoms with E-state index in [1.54, 1.807) is 18.7 Å². The summed E-state index contributed by atoms with van der Waals surface area (Å²) in [5.74, 6) is 0. The maximum Gasteiger partial charge on any atom is 0.406 e. The molecule has 2 heterocycles. The van der Waals surface area contributed by atoms with Gasteiger partial charge in [0.15, 0.2) is 0 Å². The first-order valence-corrected chi connectivity index (χ1v) is 6.03. The zero-order chi connectivity index (χ0) is 13.5. The summed E-state index contributed by atoms with van der Waals surface area (Å²) >= 11 is 0. The number of aryl methyl sites for hydroxylation is 1. The molecule has 0 spiro atoms. The van der Waals surface area contributed by atoms with E-state index in [-0.39, 0.29) is 0 Å². The average molecular weight is 260 g/mol. The summed E-state index contributed by atoms with van der Waals surface area (Å²) in [5, 5.41) is 2.64. The van der Waals surface area contributed by atoms with Gasteiger partial charge in [-0.1, -0.05) is 0 Å². The molecule has 2 aromatic heterocycles. The summed E-state index contributed by atoms with van der Waals surface area (Å²) in [7, 11) is 1.35. The van der Waals surface area contributed by atoms with Gasteiger partial charge in [-0.05, 0) is 18.6 Å². The Hall–Kier alpha value is -2.37. The van der Waals surface area contributed by atoms with Crippen LogP contribution in [0.5, 0.6) is 0 Å². The molecule has 0 radical (unpaired) electrons. The quantitative estimate of drug-likeness (QED) is 0.831. The van der Waals surface area contributed by atoms with Gasteiger partial charge in [0.05, 0.1) is 19.1 Å². The van der Waals surface area contributed by atoms with E-state index in [0.29, 0.717) is 6.54 Å². The van der Waals surface area contributed by atoms with Crippen molar-refractivity contribution in [3.63, 3.8) is 0 Å². The highest BCUT2D eigenvalue weighted by molar-refractivity contribution is 5.66. The van der Waals surface area contributed by atoms with Crippen molar-refractivity contribution in [3.05, 3.63) is 37.1 Å². The molecule has 6 nitrogen and oxygen atoms in total. The third-order valence-electron chi connectivity index (χ3n) is 2.64. The van der Waals surface area contributed by atoms with Crippen LogP contribution in [0.4, 0.5) is 4.79 Å². The predicted molar refractivity (Wildman–Crippen MR) is 70.5 cm³/mol. The monoisotopic (exact) mass is 260 g/mol. The van der Waals surface area contributed by atoms with Crippen molar-refractivity contribution in [2.45, 2.75) is 13.0 Å². The van der Waals surface area contributed by atoms with Gasteiger partial charge in [-0.2, -0.15) is 0 Å². The topological polar surface area (TPSA) is 69.0 Å². The molecule has 0 aliphatic heterocycles. The largest absolute Gasteiger partial charge is 0.453 e. The minimum absolute atomic E-state index is 0.401. The number of methoxy groups -OCH3 is 1. The van der Waals surface area contributed by atoms with Gasteiger partial charge in [0.25, 0.3) is 0 Å². The highest BCUT2D eigenvalue weighted by Gasteiger charge is 2.02. The van der Waals surface area contributed by atoms with Crippen LogP contribution in [-0.2, 0) is 11.3 Å². The molecule has 0 saturated carbocycles. The molecule has 2 rings (SSSR count). The molecule has 1 amide bonds. The number of aromatic nitrogens is 3. The first-order chi connectivity index (χ1) is 9.29. The van der Waals surface area contributed by atoms with Gasteiger partial charge in [-0.25, -0.2) is 9.78 Å². The Kier molecular flexibility index (Phi) is 4.49. The molecule has 2 aromatic rings. The van der Waals surface area contributed by atoms with E-state index in [2.05, 4.69) is 20.0 Å². The molecule has 0 bridgehead atoms. The lowest BCUT2D eigenvalue weighted by Gasteiger charge is -2.03. The van der Waals surface area contributed by atoms with Crippen LogP contribution >= 0.6 is 0 Å². The third-order valence-corrected chi connectivity index (χ3v) is 2.64. The molecule has 0 aromatic carbocycles. The van der Waals surface area contributed by atoms with Crippen molar-refractivity contribution >= 4 is 6.09 Å². The number of carbonyl (C=O) groups is 1. The molecular weight excluding hydrogens is 244 g/mol. The normalized spacial score (nSPS) is 10.2. The number of ether oxygens (including phenoxy) is 1. The molecule has 0 unspecified atom stereocenters. The summed E-state index contributed by atoms with van der Waals surface area (Å²) < 4.78 is 6.48. The lowest BCUT2D eigenvalue weighted by Crippen LogP contribution is -2.24. The minimum atomic E-state index is -0.401. The fraction of sp³-hybridized carbons (Fsp3) is 0.308. The maximum atomic E-state index is 10.9. The molecule has 100 valence electrons. The molecule has 19 heavy (non-hydrogen) atoms. The summed E-state index contributed by atoms with van der Waals surface area (Å²) in [6, 6.07) is 3.85. The van der Waals surface area contributed by atoms with Crippen molar-refractivity contribution in [2.75, 3.05) is 13.7 Å². The number of carbonyl (C=O) groups excluding carboxylic acids is 1. The number of imidazole rings is 1.